The topological polar surface area (TPSA) is 3.24 Å². The summed E-state index contributed by atoms with van der Waals surface area (Å²) < 4.78 is 0. The highest BCUT2D eigenvalue weighted by Gasteiger charge is 1.90. The van der Waals surface area contributed by atoms with E-state index >= 15 is 0 Å². The van der Waals surface area contributed by atoms with Crippen molar-refractivity contribution in [3.05, 3.63) is 48.6 Å². The number of rotatable bonds is 3. The number of hydrogen-bond acceptors (Lipinski definition) is 1. The molecule has 0 radical (unpaired) electrons. The molecule has 0 atom stereocenters. The highest BCUT2D eigenvalue weighted by Crippen LogP contribution is 1.99. The van der Waals surface area contributed by atoms with E-state index in [1.807, 2.05) is 6.07 Å². The van der Waals surface area contributed by atoms with E-state index in [0.29, 0.717) is 5.88 Å². The molecule has 0 aliphatic heterocycles. The van der Waals surface area contributed by atoms with E-state index in [0.717, 1.165) is 6.54 Å². The monoisotopic (exact) mass is 211 g/mol. The fourth-order valence-electron chi connectivity index (χ4n) is 0.949. The molecule has 78 valence electrons. The molecule has 1 aromatic rings. The van der Waals surface area contributed by atoms with Gasteiger partial charge in [0, 0.05) is 12.4 Å². The third-order valence-electron chi connectivity index (χ3n) is 1.45. The third kappa shape index (κ3) is 7.84. The Labute approximate surface area is 92.0 Å². The summed E-state index contributed by atoms with van der Waals surface area (Å²) in [5, 5.41) is 0. The van der Waals surface area contributed by atoms with Crippen LogP contribution < -0.4 is 0 Å². The molecule has 0 aliphatic carbocycles. The van der Waals surface area contributed by atoms with Crippen LogP contribution in [0.1, 0.15) is 5.56 Å². The van der Waals surface area contributed by atoms with Crippen LogP contribution in [0.2, 0.25) is 0 Å². The number of hydrogen-bond donors (Lipinski definition) is 0. The Hall–Kier alpha value is -0.790. The molecule has 2 heteroatoms. The van der Waals surface area contributed by atoms with Crippen molar-refractivity contribution in [3.63, 3.8) is 0 Å². The Morgan fingerprint density at radius 1 is 1.29 bits per heavy atom. The minimum absolute atomic E-state index is 0.556. The maximum atomic E-state index is 5.07. The second kappa shape index (κ2) is 8.79. The molecule has 0 fully saturated rings. The summed E-state index contributed by atoms with van der Waals surface area (Å²) in [5.74, 6) is 0.556. The average molecular weight is 212 g/mol. The third-order valence-corrected chi connectivity index (χ3v) is 1.67. The molecule has 0 aliphatic rings. The number of alkyl halides is 1. The van der Waals surface area contributed by atoms with E-state index < -0.39 is 0 Å². The molecule has 1 nitrogen and oxygen atoms in total. The second-order valence-corrected chi connectivity index (χ2v) is 3.47. The molecule has 0 amide bonds. The van der Waals surface area contributed by atoms with E-state index in [9.17, 15) is 0 Å². The summed E-state index contributed by atoms with van der Waals surface area (Å²) in [7, 11) is 4.15. The lowest BCUT2D eigenvalue weighted by Crippen LogP contribution is -2.10. The summed E-state index contributed by atoms with van der Waals surface area (Å²) in [6.07, 6.45) is 1.64. The predicted molar refractivity (Wildman–Crippen MR) is 64.8 cm³/mol. The standard InChI is InChI=1S/C9H13N.C3H5Cl/c1-10(2)8-9-6-4-3-5-7-9;1-2-3-4/h3-7H,8H2,1-2H3;2H,1,3H2. The van der Waals surface area contributed by atoms with Crippen molar-refractivity contribution in [1.29, 1.82) is 0 Å². The first-order chi connectivity index (χ1) is 6.70. The highest BCUT2D eigenvalue weighted by atomic mass is 35.5. The van der Waals surface area contributed by atoms with Crippen LogP contribution in [0, 0.1) is 0 Å². The smallest absolute Gasteiger partial charge is 0.0401 e. The molecule has 0 N–H and O–H groups in total. The number of nitrogens with zero attached hydrogens (tertiary/aromatic N) is 1. The van der Waals surface area contributed by atoms with Gasteiger partial charge < -0.3 is 4.90 Å². The first-order valence-electron chi connectivity index (χ1n) is 4.56. The Morgan fingerprint density at radius 2 is 1.79 bits per heavy atom. The molecule has 0 saturated carbocycles. The number of halogens is 1. The van der Waals surface area contributed by atoms with Crippen molar-refractivity contribution >= 4 is 11.6 Å². The van der Waals surface area contributed by atoms with Gasteiger partial charge in [-0.2, -0.15) is 0 Å². The van der Waals surface area contributed by atoms with Gasteiger partial charge in [-0.05, 0) is 19.7 Å². The van der Waals surface area contributed by atoms with Crippen molar-refractivity contribution in [3.8, 4) is 0 Å². The zero-order valence-electron chi connectivity index (χ0n) is 8.91. The van der Waals surface area contributed by atoms with Gasteiger partial charge >= 0.3 is 0 Å². The maximum absolute atomic E-state index is 5.07. The van der Waals surface area contributed by atoms with Crippen LogP contribution in [0.3, 0.4) is 0 Å². The summed E-state index contributed by atoms with van der Waals surface area (Å²) in [6, 6.07) is 10.5. The number of benzene rings is 1. The first-order valence-corrected chi connectivity index (χ1v) is 5.09. The molecule has 0 spiro atoms. The van der Waals surface area contributed by atoms with Gasteiger partial charge in [0.15, 0.2) is 0 Å². The van der Waals surface area contributed by atoms with Gasteiger partial charge in [-0.25, -0.2) is 0 Å². The van der Waals surface area contributed by atoms with E-state index in [1.165, 1.54) is 5.56 Å². The molecule has 1 aromatic carbocycles. The molecule has 1 rings (SSSR count). The fraction of sp³-hybridized carbons (Fsp3) is 0.333. The fourth-order valence-corrected chi connectivity index (χ4v) is 0.949. The second-order valence-electron chi connectivity index (χ2n) is 3.17. The van der Waals surface area contributed by atoms with Crippen molar-refractivity contribution in [2.24, 2.45) is 0 Å². The van der Waals surface area contributed by atoms with Gasteiger partial charge in [-0.1, -0.05) is 36.4 Å². The van der Waals surface area contributed by atoms with E-state index in [1.54, 1.807) is 6.08 Å². The van der Waals surface area contributed by atoms with Crippen molar-refractivity contribution in [2.45, 2.75) is 6.54 Å². The van der Waals surface area contributed by atoms with Crippen LogP contribution >= 0.6 is 11.6 Å². The van der Waals surface area contributed by atoms with Crippen LogP contribution in [0.25, 0.3) is 0 Å². The van der Waals surface area contributed by atoms with Crippen molar-refractivity contribution in [2.75, 3.05) is 20.0 Å². The van der Waals surface area contributed by atoms with Crippen LogP contribution in [0.15, 0.2) is 43.0 Å². The van der Waals surface area contributed by atoms with Gasteiger partial charge in [0.05, 0.1) is 0 Å². The summed E-state index contributed by atoms with van der Waals surface area (Å²) >= 11 is 5.07. The Bertz CT molecular complexity index is 231. The molecule has 0 bridgehead atoms. The van der Waals surface area contributed by atoms with Crippen molar-refractivity contribution < 1.29 is 0 Å². The van der Waals surface area contributed by atoms with Crippen LogP contribution in [-0.4, -0.2) is 24.9 Å². The maximum Gasteiger partial charge on any atom is 0.0401 e. The van der Waals surface area contributed by atoms with E-state index in [4.69, 9.17) is 11.6 Å². The van der Waals surface area contributed by atoms with Crippen LogP contribution in [-0.2, 0) is 6.54 Å². The zero-order chi connectivity index (χ0) is 10.8. The summed E-state index contributed by atoms with van der Waals surface area (Å²) in [5.41, 5.74) is 1.37. The Morgan fingerprint density at radius 3 is 2.14 bits per heavy atom. The van der Waals surface area contributed by atoms with Gasteiger partial charge in [0.1, 0.15) is 0 Å². The summed E-state index contributed by atoms with van der Waals surface area (Å²) in [6.45, 7) is 4.38. The molecular weight excluding hydrogens is 194 g/mol. The minimum atomic E-state index is 0.556. The normalized spacial score (nSPS) is 9.14. The average Bonchev–Trinajstić information content (AvgIpc) is 2.19. The Balaban J connectivity index is 0.000000364. The first kappa shape index (κ1) is 13.2. The zero-order valence-corrected chi connectivity index (χ0v) is 9.67. The summed E-state index contributed by atoms with van der Waals surface area (Å²) in [4.78, 5) is 2.16. The van der Waals surface area contributed by atoms with Gasteiger partial charge in [0.25, 0.3) is 0 Å². The lowest BCUT2D eigenvalue weighted by molar-refractivity contribution is 0.402. The largest absolute Gasteiger partial charge is 0.305 e. The number of allylic oxidation sites excluding steroid dienone is 1. The van der Waals surface area contributed by atoms with Gasteiger partial charge in [-0.15, -0.1) is 18.2 Å². The van der Waals surface area contributed by atoms with E-state index in [2.05, 4.69) is 49.8 Å². The molecule has 0 saturated heterocycles. The minimum Gasteiger partial charge on any atom is -0.305 e. The van der Waals surface area contributed by atoms with Crippen molar-refractivity contribution in [1.82, 2.24) is 4.90 Å². The Kier molecular flexibility index (Phi) is 8.30. The molecule has 0 heterocycles. The van der Waals surface area contributed by atoms with Crippen LogP contribution in [0.4, 0.5) is 0 Å². The molecule has 0 unspecified atom stereocenters. The molecular formula is C12H18ClN. The SMILES string of the molecule is C=CCCl.CN(C)Cc1ccccc1. The quantitative estimate of drug-likeness (QED) is 0.549. The molecule has 14 heavy (non-hydrogen) atoms. The van der Waals surface area contributed by atoms with E-state index in [-0.39, 0.29) is 0 Å². The van der Waals surface area contributed by atoms with Gasteiger partial charge in [0.2, 0.25) is 0 Å². The lowest BCUT2D eigenvalue weighted by Gasteiger charge is -2.08. The predicted octanol–water partition coefficient (Wildman–Crippen LogP) is 3.16. The van der Waals surface area contributed by atoms with Gasteiger partial charge in [-0.3, -0.25) is 0 Å². The lowest BCUT2D eigenvalue weighted by atomic mass is 10.2. The molecule has 0 aromatic heterocycles. The highest BCUT2D eigenvalue weighted by molar-refractivity contribution is 6.18. The van der Waals surface area contributed by atoms with Crippen LogP contribution in [0.5, 0.6) is 0 Å².